The Labute approximate surface area is 192 Å². The van der Waals surface area contributed by atoms with Gasteiger partial charge in [0.1, 0.15) is 17.2 Å². The fourth-order valence-electron chi connectivity index (χ4n) is 3.57. The molecule has 1 N–H and O–H groups in total. The van der Waals surface area contributed by atoms with Gasteiger partial charge in [0, 0.05) is 5.39 Å². The van der Waals surface area contributed by atoms with Crippen LogP contribution < -0.4 is 20.3 Å². The van der Waals surface area contributed by atoms with Crippen LogP contribution in [0, 0.1) is 0 Å². The first-order chi connectivity index (χ1) is 16.1. The standard InChI is InChI=1S/C24H18N4O4S/c1-31-14-11-12-17-20(13-14)33-24(25-17)26-22(29)21-15-7-3-4-8-16(15)23(30)28(27-21)18-9-5-6-10-19(18)32-2/h3-13H,1-2H3,(H,25,26,29). The molecule has 5 aromatic rings. The summed E-state index contributed by atoms with van der Waals surface area (Å²) in [5, 5.41) is 8.49. The molecule has 0 aliphatic carbocycles. The highest BCUT2D eigenvalue weighted by Gasteiger charge is 2.20. The van der Waals surface area contributed by atoms with E-state index in [0.29, 0.717) is 33.1 Å². The third-order valence-electron chi connectivity index (χ3n) is 5.15. The van der Waals surface area contributed by atoms with Crippen molar-refractivity contribution in [2.75, 3.05) is 19.5 Å². The van der Waals surface area contributed by atoms with Crippen molar-refractivity contribution < 1.29 is 14.3 Å². The Bertz CT molecular complexity index is 1570. The van der Waals surface area contributed by atoms with Crippen molar-refractivity contribution in [2.45, 2.75) is 0 Å². The lowest BCUT2D eigenvalue weighted by molar-refractivity contribution is 0.102. The van der Waals surface area contributed by atoms with Gasteiger partial charge in [-0.05, 0) is 36.4 Å². The van der Waals surface area contributed by atoms with Gasteiger partial charge in [0.15, 0.2) is 10.8 Å². The van der Waals surface area contributed by atoms with E-state index in [9.17, 15) is 9.59 Å². The molecule has 164 valence electrons. The van der Waals surface area contributed by atoms with Crippen LogP contribution in [0.1, 0.15) is 10.5 Å². The lowest BCUT2D eigenvalue weighted by atomic mass is 10.1. The van der Waals surface area contributed by atoms with Gasteiger partial charge in [0.05, 0.1) is 29.8 Å². The summed E-state index contributed by atoms with van der Waals surface area (Å²) in [5.41, 5.74) is 0.941. The smallest absolute Gasteiger partial charge is 0.279 e. The number of aromatic nitrogens is 3. The molecule has 0 spiro atoms. The fourth-order valence-corrected chi connectivity index (χ4v) is 4.46. The second kappa shape index (κ2) is 8.36. The third kappa shape index (κ3) is 3.68. The van der Waals surface area contributed by atoms with Crippen LogP contribution in [-0.4, -0.2) is 34.9 Å². The molecule has 3 aromatic carbocycles. The second-order valence-corrected chi connectivity index (χ2v) is 8.12. The Balaban J connectivity index is 1.62. The van der Waals surface area contributed by atoms with E-state index in [1.54, 1.807) is 55.6 Å². The number of rotatable bonds is 5. The molecule has 0 bridgehead atoms. The van der Waals surface area contributed by atoms with E-state index in [-0.39, 0.29) is 11.3 Å². The number of thiazole rings is 1. The number of nitrogens with zero attached hydrogens (tertiary/aromatic N) is 3. The van der Waals surface area contributed by atoms with Gasteiger partial charge in [-0.2, -0.15) is 9.78 Å². The van der Waals surface area contributed by atoms with Gasteiger partial charge in [-0.3, -0.25) is 14.9 Å². The van der Waals surface area contributed by atoms with Crippen LogP contribution in [0.2, 0.25) is 0 Å². The molecule has 0 fully saturated rings. The number of carbonyl (C=O) groups is 1. The molecule has 1 amide bonds. The molecule has 9 heteroatoms. The summed E-state index contributed by atoms with van der Waals surface area (Å²) in [7, 11) is 3.11. The highest BCUT2D eigenvalue weighted by Crippen LogP contribution is 2.30. The van der Waals surface area contributed by atoms with Crippen LogP contribution in [0.15, 0.2) is 71.5 Å². The monoisotopic (exact) mass is 458 g/mol. The number of fused-ring (bicyclic) bond motifs is 2. The van der Waals surface area contributed by atoms with Crippen molar-refractivity contribution in [2.24, 2.45) is 0 Å². The number of anilines is 1. The van der Waals surface area contributed by atoms with E-state index >= 15 is 0 Å². The molecule has 0 unspecified atom stereocenters. The zero-order valence-corrected chi connectivity index (χ0v) is 18.6. The molecular weight excluding hydrogens is 440 g/mol. The predicted octanol–water partition coefficient (Wildman–Crippen LogP) is 4.26. The summed E-state index contributed by atoms with van der Waals surface area (Å²) < 4.78 is 12.7. The molecule has 8 nitrogen and oxygen atoms in total. The first-order valence-electron chi connectivity index (χ1n) is 10.0. The molecule has 0 aliphatic rings. The Morgan fingerprint density at radius 3 is 2.52 bits per heavy atom. The molecule has 33 heavy (non-hydrogen) atoms. The Morgan fingerprint density at radius 2 is 1.73 bits per heavy atom. The van der Waals surface area contributed by atoms with Crippen LogP contribution >= 0.6 is 11.3 Å². The molecule has 0 saturated heterocycles. The number of amides is 1. The van der Waals surface area contributed by atoms with E-state index in [1.807, 2.05) is 18.2 Å². The number of ether oxygens (including phenoxy) is 2. The van der Waals surface area contributed by atoms with Crippen LogP contribution in [0.25, 0.3) is 26.7 Å². The van der Waals surface area contributed by atoms with Crippen molar-refractivity contribution in [3.05, 3.63) is 82.8 Å². The maximum atomic E-state index is 13.3. The van der Waals surface area contributed by atoms with E-state index in [2.05, 4.69) is 15.4 Å². The first-order valence-corrected chi connectivity index (χ1v) is 10.8. The largest absolute Gasteiger partial charge is 0.497 e. The van der Waals surface area contributed by atoms with Gasteiger partial charge in [-0.1, -0.05) is 41.7 Å². The summed E-state index contributed by atoms with van der Waals surface area (Å²) in [4.78, 5) is 31.0. The SMILES string of the molecule is COc1ccc2nc(NC(=O)c3nn(-c4ccccc4OC)c(=O)c4ccccc34)sc2c1. The average molecular weight is 458 g/mol. The second-order valence-electron chi connectivity index (χ2n) is 7.09. The number of methoxy groups -OCH3 is 2. The van der Waals surface area contributed by atoms with Crippen LogP contribution in [0.5, 0.6) is 11.5 Å². The number of nitrogens with one attached hydrogen (secondary N) is 1. The van der Waals surface area contributed by atoms with Crippen molar-refractivity contribution in [1.29, 1.82) is 0 Å². The summed E-state index contributed by atoms with van der Waals surface area (Å²) >= 11 is 1.33. The van der Waals surface area contributed by atoms with Gasteiger partial charge in [0.2, 0.25) is 0 Å². The highest BCUT2D eigenvalue weighted by molar-refractivity contribution is 7.22. The summed E-state index contributed by atoms with van der Waals surface area (Å²) in [6.07, 6.45) is 0. The van der Waals surface area contributed by atoms with Gasteiger partial charge >= 0.3 is 0 Å². The average Bonchev–Trinajstić information content (AvgIpc) is 3.25. The van der Waals surface area contributed by atoms with Crippen LogP contribution in [0.4, 0.5) is 5.13 Å². The normalized spacial score (nSPS) is 11.0. The number of hydrogen-bond donors (Lipinski definition) is 1. The van der Waals surface area contributed by atoms with Gasteiger partial charge in [-0.25, -0.2) is 4.98 Å². The maximum Gasteiger partial charge on any atom is 0.279 e. The molecule has 0 atom stereocenters. The number of carbonyl (C=O) groups excluding carboxylic acids is 1. The molecule has 0 saturated carbocycles. The topological polar surface area (TPSA) is 95.3 Å². The predicted molar refractivity (Wildman–Crippen MR) is 128 cm³/mol. The van der Waals surface area contributed by atoms with E-state index in [0.717, 1.165) is 10.2 Å². The summed E-state index contributed by atoms with van der Waals surface area (Å²) in [6, 6.07) is 19.4. The minimum atomic E-state index is -0.471. The quantitative estimate of drug-likeness (QED) is 0.423. The van der Waals surface area contributed by atoms with Gasteiger partial charge in [0.25, 0.3) is 11.5 Å². The fraction of sp³-hybridized carbons (Fsp3) is 0.0833. The van der Waals surface area contributed by atoms with E-state index < -0.39 is 5.91 Å². The summed E-state index contributed by atoms with van der Waals surface area (Å²) in [6.45, 7) is 0. The van der Waals surface area contributed by atoms with Crippen molar-refractivity contribution in [3.8, 4) is 17.2 Å². The van der Waals surface area contributed by atoms with Crippen molar-refractivity contribution >= 4 is 43.4 Å². The molecule has 2 heterocycles. The molecule has 2 aromatic heterocycles. The lowest BCUT2D eigenvalue weighted by Crippen LogP contribution is -2.26. The van der Waals surface area contributed by atoms with Crippen LogP contribution in [-0.2, 0) is 0 Å². The number of para-hydroxylation sites is 2. The molecule has 0 aliphatic heterocycles. The van der Waals surface area contributed by atoms with E-state index in [4.69, 9.17) is 9.47 Å². The van der Waals surface area contributed by atoms with E-state index in [1.165, 1.54) is 23.1 Å². The third-order valence-corrected chi connectivity index (χ3v) is 6.08. The highest BCUT2D eigenvalue weighted by atomic mass is 32.1. The number of benzene rings is 3. The molecule has 0 radical (unpaired) electrons. The Kier molecular flexibility index (Phi) is 5.23. The summed E-state index contributed by atoms with van der Waals surface area (Å²) in [5.74, 6) is 0.704. The zero-order chi connectivity index (χ0) is 22.9. The first kappa shape index (κ1) is 20.7. The van der Waals surface area contributed by atoms with Gasteiger partial charge in [-0.15, -0.1) is 0 Å². The zero-order valence-electron chi connectivity index (χ0n) is 17.7. The number of hydrogen-bond acceptors (Lipinski definition) is 7. The van der Waals surface area contributed by atoms with Crippen LogP contribution in [0.3, 0.4) is 0 Å². The molecular formula is C24H18N4O4S. The van der Waals surface area contributed by atoms with Gasteiger partial charge < -0.3 is 9.47 Å². The minimum Gasteiger partial charge on any atom is -0.497 e. The maximum absolute atomic E-state index is 13.3. The Morgan fingerprint density at radius 1 is 0.970 bits per heavy atom. The lowest BCUT2D eigenvalue weighted by Gasteiger charge is -2.13. The Hall–Kier alpha value is -4.24. The van der Waals surface area contributed by atoms with Crippen molar-refractivity contribution in [3.63, 3.8) is 0 Å². The molecule has 5 rings (SSSR count). The minimum absolute atomic E-state index is 0.105. The van der Waals surface area contributed by atoms with Crippen molar-refractivity contribution in [1.82, 2.24) is 14.8 Å².